The number of aromatic nitrogens is 4. The highest BCUT2D eigenvalue weighted by atomic mass is 16.5. The SMILES string of the molecule is C/C=C\c1nc(-n2ccnc2)nc2cc(OC)c(OC)cc12. The molecule has 3 rings (SSSR count). The predicted molar refractivity (Wildman–Crippen MR) is 84.5 cm³/mol. The zero-order chi connectivity index (χ0) is 15.5. The third-order valence-corrected chi connectivity index (χ3v) is 3.28. The third kappa shape index (κ3) is 2.39. The lowest BCUT2D eigenvalue weighted by atomic mass is 10.1. The second-order valence-electron chi connectivity index (χ2n) is 4.60. The second kappa shape index (κ2) is 5.85. The lowest BCUT2D eigenvalue weighted by molar-refractivity contribution is 0.355. The summed E-state index contributed by atoms with van der Waals surface area (Å²) in [6.07, 6.45) is 9.05. The number of rotatable bonds is 4. The van der Waals surface area contributed by atoms with Gasteiger partial charge in [-0.2, -0.15) is 0 Å². The van der Waals surface area contributed by atoms with Crippen LogP contribution in [-0.2, 0) is 0 Å². The van der Waals surface area contributed by atoms with Crippen LogP contribution in [0, 0.1) is 0 Å². The summed E-state index contributed by atoms with van der Waals surface area (Å²) in [5.41, 5.74) is 1.60. The monoisotopic (exact) mass is 296 g/mol. The summed E-state index contributed by atoms with van der Waals surface area (Å²) in [6, 6.07) is 3.74. The molecule has 0 amide bonds. The molecule has 0 spiro atoms. The first kappa shape index (κ1) is 14.1. The average Bonchev–Trinajstić information content (AvgIpc) is 3.08. The normalized spacial score (nSPS) is 11.2. The summed E-state index contributed by atoms with van der Waals surface area (Å²) in [6.45, 7) is 1.95. The van der Waals surface area contributed by atoms with E-state index >= 15 is 0 Å². The van der Waals surface area contributed by atoms with Gasteiger partial charge in [0.2, 0.25) is 5.95 Å². The van der Waals surface area contributed by atoms with Crippen LogP contribution in [0.15, 0.2) is 36.9 Å². The van der Waals surface area contributed by atoms with E-state index in [9.17, 15) is 0 Å². The molecule has 0 bridgehead atoms. The topological polar surface area (TPSA) is 62.1 Å². The van der Waals surface area contributed by atoms with E-state index in [0.717, 1.165) is 16.6 Å². The van der Waals surface area contributed by atoms with Crippen LogP contribution in [0.3, 0.4) is 0 Å². The molecule has 0 fully saturated rings. The molecule has 2 aromatic heterocycles. The van der Waals surface area contributed by atoms with Crippen molar-refractivity contribution in [1.29, 1.82) is 0 Å². The van der Waals surface area contributed by atoms with Gasteiger partial charge in [0.05, 0.1) is 25.4 Å². The van der Waals surface area contributed by atoms with Crippen molar-refractivity contribution in [2.75, 3.05) is 14.2 Å². The molecule has 0 saturated heterocycles. The van der Waals surface area contributed by atoms with E-state index in [2.05, 4.69) is 15.0 Å². The molecular weight excluding hydrogens is 280 g/mol. The molecule has 0 saturated carbocycles. The minimum atomic E-state index is 0.560. The Hall–Kier alpha value is -2.89. The number of methoxy groups -OCH3 is 2. The lowest BCUT2D eigenvalue weighted by Gasteiger charge is -2.11. The van der Waals surface area contributed by atoms with E-state index in [1.165, 1.54) is 0 Å². The van der Waals surface area contributed by atoms with Gasteiger partial charge in [-0.15, -0.1) is 0 Å². The third-order valence-electron chi connectivity index (χ3n) is 3.28. The van der Waals surface area contributed by atoms with Crippen LogP contribution in [0.2, 0.25) is 0 Å². The zero-order valence-electron chi connectivity index (χ0n) is 12.6. The van der Waals surface area contributed by atoms with Gasteiger partial charge in [-0.05, 0) is 19.1 Å². The van der Waals surface area contributed by atoms with E-state index < -0.39 is 0 Å². The Morgan fingerprint density at radius 3 is 2.50 bits per heavy atom. The number of imidazole rings is 1. The molecule has 112 valence electrons. The summed E-state index contributed by atoms with van der Waals surface area (Å²) >= 11 is 0. The molecule has 1 aromatic carbocycles. The summed E-state index contributed by atoms with van der Waals surface area (Å²) in [7, 11) is 3.22. The van der Waals surface area contributed by atoms with Crippen molar-refractivity contribution >= 4 is 17.0 Å². The molecule has 0 unspecified atom stereocenters. The van der Waals surface area contributed by atoms with E-state index in [4.69, 9.17) is 9.47 Å². The maximum atomic E-state index is 5.36. The van der Waals surface area contributed by atoms with E-state index in [1.807, 2.05) is 31.2 Å². The van der Waals surface area contributed by atoms with Crippen LogP contribution in [0.1, 0.15) is 12.6 Å². The highest BCUT2D eigenvalue weighted by Gasteiger charge is 2.12. The van der Waals surface area contributed by atoms with Gasteiger partial charge in [0, 0.05) is 23.8 Å². The lowest BCUT2D eigenvalue weighted by Crippen LogP contribution is -2.02. The molecule has 0 atom stereocenters. The molecule has 3 aromatic rings. The van der Waals surface area contributed by atoms with Gasteiger partial charge in [0.25, 0.3) is 0 Å². The van der Waals surface area contributed by atoms with Crippen molar-refractivity contribution < 1.29 is 9.47 Å². The van der Waals surface area contributed by atoms with Crippen molar-refractivity contribution in [2.45, 2.75) is 6.92 Å². The summed E-state index contributed by atoms with van der Waals surface area (Å²) in [5, 5.41) is 0.902. The Labute approximate surface area is 128 Å². The van der Waals surface area contributed by atoms with E-state index in [0.29, 0.717) is 17.4 Å². The molecule has 6 nitrogen and oxygen atoms in total. The Kier molecular flexibility index (Phi) is 3.74. The Morgan fingerprint density at radius 2 is 1.86 bits per heavy atom. The summed E-state index contributed by atoms with van der Waals surface area (Å²) in [4.78, 5) is 13.2. The molecule has 0 aliphatic carbocycles. The minimum Gasteiger partial charge on any atom is -0.493 e. The maximum absolute atomic E-state index is 5.36. The fourth-order valence-corrected chi connectivity index (χ4v) is 2.24. The molecule has 0 N–H and O–H groups in total. The molecule has 0 aliphatic rings. The highest BCUT2D eigenvalue weighted by molar-refractivity contribution is 5.89. The summed E-state index contributed by atoms with van der Waals surface area (Å²) in [5.74, 6) is 1.85. The zero-order valence-corrected chi connectivity index (χ0v) is 12.6. The number of hydrogen-bond donors (Lipinski definition) is 0. The quantitative estimate of drug-likeness (QED) is 0.741. The van der Waals surface area contributed by atoms with Crippen LogP contribution in [0.25, 0.3) is 22.9 Å². The summed E-state index contributed by atoms with van der Waals surface area (Å²) < 4.78 is 12.5. The van der Waals surface area contributed by atoms with Crippen molar-refractivity contribution in [2.24, 2.45) is 0 Å². The van der Waals surface area contributed by atoms with E-state index in [-0.39, 0.29) is 0 Å². The Bertz CT molecular complexity index is 826. The van der Waals surface area contributed by atoms with Crippen LogP contribution < -0.4 is 9.47 Å². The molecule has 6 heteroatoms. The van der Waals surface area contributed by atoms with Crippen molar-refractivity contribution in [3.8, 4) is 17.4 Å². The molecule has 0 aliphatic heterocycles. The van der Waals surface area contributed by atoms with Crippen LogP contribution in [-0.4, -0.2) is 33.7 Å². The van der Waals surface area contributed by atoms with Crippen LogP contribution in [0.5, 0.6) is 11.5 Å². The fourth-order valence-electron chi connectivity index (χ4n) is 2.24. The highest BCUT2D eigenvalue weighted by Crippen LogP contribution is 2.33. The predicted octanol–water partition coefficient (Wildman–Crippen LogP) is 2.87. The number of fused-ring (bicyclic) bond motifs is 1. The standard InChI is InChI=1S/C16H16N4O2/c1-4-5-12-11-8-14(21-2)15(22-3)9-13(11)19-16(18-12)20-7-6-17-10-20/h4-10H,1-3H3/b5-4-. The first-order valence-corrected chi connectivity index (χ1v) is 6.81. The van der Waals surface area contributed by atoms with Gasteiger partial charge in [-0.25, -0.2) is 15.0 Å². The van der Waals surface area contributed by atoms with Crippen molar-refractivity contribution in [3.63, 3.8) is 0 Å². The van der Waals surface area contributed by atoms with Gasteiger partial charge >= 0.3 is 0 Å². The molecule has 22 heavy (non-hydrogen) atoms. The van der Waals surface area contributed by atoms with Gasteiger partial charge in [0.1, 0.15) is 6.33 Å². The first-order chi connectivity index (χ1) is 10.8. The largest absolute Gasteiger partial charge is 0.493 e. The van der Waals surface area contributed by atoms with Gasteiger partial charge < -0.3 is 9.47 Å². The Balaban J connectivity index is 2.31. The molecular formula is C16H16N4O2. The number of allylic oxidation sites excluding steroid dienone is 1. The number of nitrogens with zero attached hydrogens (tertiary/aromatic N) is 4. The number of hydrogen-bond acceptors (Lipinski definition) is 5. The van der Waals surface area contributed by atoms with Crippen LogP contribution in [0.4, 0.5) is 0 Å². The van der Waals surface area contributed by atoms with Gasteiger partial charge in [0.15, 0.2) is 11.5 Å². The number of ether oxygens (including phenoxy) is 2. The van der Waals surface area contributed by atoms with Crippen molar-refractivity contribution in [3.05, 3.63) is 42.6 Å². The van der Waals surface area contributed by atoms with Gasteiger partial charge in [-0.3, -0.25) is 4.57 Å². The Morgan fingerprint density at radius 1 is 1.09 bits per heavy atom. The fraction of sp³-hybridized carbons (Fsp3) is 0.188. The maximum Gasteiger partial charge on any atom is 0.236 e. The number of benzene rings is 1. The smallest absolute Gasteiger partial charge is 0.236 e. The van der Waals surface area contributed by atoms with Gasteiger partial charge in [-0.1, -0.05) is 6.08 Å². The first-order valence-electron chi connectivity index (χ1n) is 6.81. The van der Waals surface area contributed by atoms with Crippen LogP contribution >= 0.6 is 0 Å². The average molecular weight is 296 g/mol. The van der Waals surface area contributed by atoms with E-state index in [1.54, 1.807) is 37.5 Å². The second-order valence-corrected chi connectivity index (χ2v) is 4.60. The molecule has 2 heterocycles. The van der Waals surface area contributed by atoms with Crippen molar-refractivity contribution in [1.82, 2.24) is 19.5 Å². The molecule has 0 radical (unpaired) electrons. The minimum absolute atomic E-state index is 0.560.